The van der Waals surface area contributed by atoms with Gasteiger partial charge in [-0.25, -0.2) is 0 Å². The van der Waals surface area contributed by atoms with E-state index in [-0.39, 0.29) is 24.9 Å². The zero-order valence-electron chi connectivity index (χ0n) is 16.7. The van der Waals surface area contributed by atoms with E-state index < -0.39 is 0 Å². The number of aliphatic hydroxyl groups is 1. The van der Waals surface area contributed by atoms with E-state index in [2.05, 4.69) is 27.7 Å². The number of benzene rings is 2. The normalized spacial score (nSPS) is 18.2. The van der Waals surface area contributed by atoms with Crippen molar-refractivity contribution in [3.63, 3.8) is 0 Å². The van der Waals surface area contributed by atoms with Crippen LogP contribution < -0.4 is 10.2 Å². The van der Waals surface area contributed by atoms with Gasteiger partial charge in [-0.3, -0.25) is 0 Å². The Labute approximate surface area is 161 Å². The molecule has 0 unspecified atom stereocenters. The first-order valence-corrected chi connectivity index (χ1v) is 9.16. The highest BCUT2D eigenvalue weighted by atomic mass is 16.7. The van der Waals surface area contributed by atoms with Gasteiger partial charge in [-0.2, -0.15) is 0 Å². The van der Waals surface area contributed by atoms with Crippen molar-refractivity contribution in [2.24, 2.45) is 0 Å². The number of methoxy groups -OCH3 is 1. The predicted octanol–water partition coefficient (Wildman–Crippen LogP) is 3.66. The van der Waals surface area contributed by atoms with Gasteiger partial charge in [0.15, 0.2) is 0 Å². The van der Waals surface area contributed by atoms with Crippen LogP contribution in [0, 0.1) is 0 Å². The summed E-state index contributed by atoms with van der Waals surface area (Å²) in [5.41, 5.74) is 3.21. The van der Waals surface area contributed by atoms with Crippen LogP contribution in [0.15, 0.2) is 42.5 Å². The summed E-state index contributed by atoms with van der Waals surface area (Å²) in [4.78, 5) is 0. The van der Waals surface area contributed by atoms with Crippen LogP contribution in [-0.2, 0) is 15.9 Å². The first kappa shape index (κ1) is 19.7. The van der Waals surface area contributed by atoms with Crippen molar-refractivity contribution in [3.8, 4) is 5.75 Å². The molecule has 27 heavy (non-hydrogen) atoms. The number of aliphatic hydroxyl groups excluding tert-OH is 1. The minimum absolute atomic E-state index is 0.0131. The highest BCUT2D eigenvalue weighted by Crippen LogP contribution is 2.36. The Morgan fingerprint density at radius 1 is 0.926 bits per heavy atom. The third-order valence-corrected chi connectivity index (χ3v) is 5.34. The van der Waals surface area contributed by atoms with Crippen LogP contribution in [0.4, 0.5) is 0 Å². The zero-order valence-corrected chi connectivity index (χ0v) is 16.7. The van der Waals surface area contributed by atoms with Crippen molar-refractivity contribution in [3.05, 3.63) is 59.2 Å². The first-order chi connectivity index (χ1) is 12.7. The maximum Gasteiger partial charge on any atom is 0.494 e. The van der Waals surface area contributed by atoms with Gasteiger partial charge in [0, 0.05) is 0 Å². The average Bonchev–Trinajstić information content (AvgIpc) is 2.87. The number of rotatable bonds is 5. The van der Waals surface area contributed by atoms with E-state index in [0.717, 1.165) is 27.9 Å². The second-order valence-electron chi connectivity index (χ2n) is 7.86. The summed E-state index contributed by atoms with van der Waals surface area (Å²) >= 11 is 0. The fraction of sp³-hybridized carbons (Fsp3) is 0.364. The van der Waals surface area contributed by atoms with Crippen LogP contribution >= 0.6 is 0 Å². The van der Waals surface area contributed by atoms with E-state index in [1.807, 2.05) is 54.6 Å². The molecule has 0 amide bonds. The van der Waals surface area contributed by atoms with E-state index in [0.29, 0.717) is 0 Å². The fourth-order valence-electron chi connectivity index (χ4n) is 2.93. The van der Waals surface area contributed by atoms with Gasteiger partial charge in [0.05, 0.1) is 24.9 Å². The third-order valence-electron chi connectivity index (χ3n) is 5.34. The molecular weight excluding hydrogens is 339 g/mol. The standard InChI is InChI=1S/C22H27BO4/c1-21(2)22(3,4)27-23(26-21)19-10-8-16(9-11-19)6-7-17-12-18(15-24)14-20(13-17)25-5/h6-14,24H,15H2,1-5H3. The lowest BCUT2D eigenvalue weighted by Gasteiger charge is -2.32. The van der Waals surface area contributed by atoms with E-state index in [1.54, 1.807) is 7.11 Å². The molecule has 1 aliphatic heterocycles. The van der Waals surface area contributed by atoms with Crippen LogP contribution in [0.5, 0.6) is 5.75 Å². The van der Waals surface area contributed by atoms with Crippen molar-refractivity contribution in [1.29, 1.82) is 0 Å². The SMILES string of the molecule is COc1cc(C=Cc2ccc(B3OC(C)(C)C(C)(C)O3)cc2)cc(CO)c1. The summed E-state index contributed by atoms with van der Waals surface area (Å²) in [6.45, 7) is 8.20. The fourth-order valence-corrected chi connectivity index (χ4v) is 2.93. The summed E-state index contributed by atoms with van der Waals surface area (Å²) in [5, 5.41) is 9.37. The molecule has 0 spiro atoms. The quantitative estimate of drug-likeness (QED) is 0.648. The Balaban J connectivity index is 1.74. The summed E-state index contributed by atoms with van der Waals surface area (Å²) in [6.07, 6.45) is 4.04. The molecular formula is C22H27BO4. The van der Waals surface area contributed by atoms with Crippen molar-refractivity contribution in [2.45, 2.75) is 45.5 Å². The summed E-state index contributed by atoms with van der Waals surface area (Å²) in [7, 11) is 1.27. The largest absolute Gasteiger partial charge is 0.497 e. The van der Waals surface area contributed by atoms with E-state index >= 15 is 0 Å². The molecule has 1 N–H and O–H groups in total. The molecule has 142 valence electrons. The molecule has 2 aromatic rings. The van der Waals surface area contributed by atoms with Crippen LogP contribution in [0.1, 0.15) is 44.4 Å². The molecule has 3 rings (SSSR count). The highest BCUT2D eigenvalue weighted by molar-refractivity contribution is 6.62. The van der Waals surface area contributed by atoms with Crippen LogP contribution in [0.3, 0.4) is 0 Å². The third kappa shape index (κ3) is 4.27. The Hall–Kier alpha value is -2.08. The van der Waals surface area contributed by atoms with Gasteiger partial charge in [-0.1, -0.05) is 36.4 Å². The molecule has 0 aromatic heterocycles. The molecule has 2 aromatic carbocycles. The van der Waals surface area contributed by atoms with Crippen LogP contribution in [0.25, 0.3) is 12.2 Å². The van der Waals surface area contributed by atoms with Crippen molar-refractivity contribution < 1.29 is 19.2 Å². The van der Waals surface area contributed by atoms with Gasteiger partial charge in [-0.15, -0.1) is 0 Å². The van der Waals surface area contributed by atoms with Crippen molar-refractivity contribution in [1.82, 2.24) is 0 Å². The second-order valence-corrected chi connectivity index (χ2v) is 7.86. The lowest BCUT2D eigenvalue weighted by atomic mass is 9.79. The van der Waals surface area contributed by atoms with E-state index in [1.165, 1.54) is 0 Å². The van der Waals surface area contributed by atoms with Gasteiger partial charge in [0.2, 0.25) is 0 Å². The Bertz CT molecular complexity index is 786. The molecule has 1 saturated heterocycles. The summed E-state index contributed by atoms with van der Waals surface area (Å²) in [6, 6.07) is 13.9. The van der Waals surface area contributed by atoms with E-state index in [9.17, 15) is 5.11 Å². The monoisotopic (exact) mass is 366 g/mol. The van der Waals surface area contributed by atoms with Gasteiger partial charge >= 0.3 is 7.12 Å². The minimum atomic E-state index is -0.349. The maximum absolute atomic E-state index is 9.37. The topological polar surface area (TPSA) is 47.9 Å². The van der Waals surface area contributed by atoms with Crippen LogP contribution in [-0.4, -0.2) is 30.5 Å². The second kappa shape index (κ2) is 7.51. The molecule has 4 nitrogen and oxygen atoms in total. The first-order valence-electron chi connectivity index (χ1n) is 9.16. The molecule has 1 fully saturated rings. The molecule has 1 aliphatic rings. The molecule has 0 radical (unpaired) electrons. The predicted molar refractivity (Wildman–Crippen MR) is 110 cm³/mol. The minimum Gasteiger partial charge on any atom is -0.497 e. The number of hydrogen-bond acceptors (Lipinski definition) is 4. The summed E-state index contributed by atoms with van der Waals surface area (Å²) in [5.74, 6) is 0.734. The van der Waals surface area contributed by atoms with Gasteiger partial charge < -0.3 is 19.2 Å². The zero-order chi connectivity index (χ0) is 19.7. The number of ether oxygens (including phenoxy) is 1. The molecule has 5 heteroatoms. The van der Waals surface area contributed by atoms with Gasteiger partial charge in [0.25, 0.3) is 0 Å². The van der Waals surface area contributed by atoms with Crippen LogP contribution in [0.2, 0.25) is 0 Å². The van der Waals surface area contributed by atoms with Crippen molar-refractivity contribution in [2.75, 3.05) is 7.11 Å². The highest BCUT2D eigenvalue weighted by Gasteiger charge is 2.51. The molecule has 0 saturated carbocycles. The number of hydrogen-bond donors (Lipinski definition) is 1. The summed E-state index contributed by atoms with van der Waals surface area (Å²) < 4.78 is 17.5. The Morgan fingerprint density at radius 3 is 2.07 bits per heavy atom. The Morgan fingerprint density at radius 2 is 1.52 bits per heavy atom. The molecule has 0 aliphatic carbocycles. The average molecular weight is 366 g/mol. The van der Waals surface area contributed by atoms with E-state index in [4.69, 9.17) is 14.0 Å². The van der Waals surface area contributed by atoms with Gasteiger partial charge in [0.1, 0.15) is 5.75 Å². The lowest BCUT2D eigenvalue weighted by molar-refractivity contribution is 0.00578. The van der Waals surface area contributed by atoms with Crippen molar-refractivity contribution >= 4 is 24.7 Å². The van der Waals surface area contributed by atoms with Gasteiger partial charge in [-0.05, 0) is 68.0 Å². The smallest absolute Gasteiger partial charge is 0.494 e. The Kier molecular flexibility index (Phi) is 5.47. The maximum atomic E-state index is 9.37. The molecule has 0 atom stereocenters. The lowest BCUT2D eigenvalue weighted by Crippen LogP contribution is -2.41. The molecule has 0 bridgehead atoms. The molecule has 1 heterocycles.